The molecule has 1 atom stereocenters. The first kappa shape index (κ1) is 14.7. The lowest BCUT2D eigenvalue weighted by Gasteiger charge is -2.57. The molecule has 0 aromatic carbocycles. The van der Waals surface area contributed by atoms with Crippen LogP contribution in [0.1, 0.15) is 49.8 Å². The van der Waals surface area contributed by atoms with Crippen molar-refractivity contribution in [1.82, 2.24) is 5.43 Å². The first-order valence-electron chi connectivity index (χ1n) is 8.33. The average molecular weight is 369 g/mol. The van der Waals surface area contributed by atoms with Crippen LogP contribution in [0, 0.1) is 23.2 Å². The van der Waals surface area contributed by atoms with Crippen molar-refractivity contribution in [2.24, 2.45) is 29.0 Å². The fraction of sp³-hybridized carbons (Fsp3) is 0.765. The zero-order chi connectivity index (χ0) is 14.4. The number of nitrogens with two attached hydrogens (primary N) is 1. The summed E-state index contributed by atoms with van der Waals surface area (Å²) in [5.41, 5.74) is 3.74. The summed E-state index contributed by atoms with van der Waals surface area (Å²) in [6.45, 7) is 0. The maximum absolute atomic E-state index is 5.90. The molecule has 0 saturated heterocycles. The van der Waals surface area contributed by atoms with E-state index in [0.717, 1.165) is 24.2 Å². The van der Waals surface area contributed by atoms with Crippen molar-refractivity contribution in [3.8, 4) is 0 Å². The van der Waals surface area contributed by atoms with E-state index in [4.69, 9.17) is 5.84 Å². The number of hydrogen-bond acceptors (Lipinski definition) is 3. The summed E-state index contributed by atoms with van der Waals surface area (Å²) in [4.78, 5) is 1.44. The first-order chi connectivity index (χ1) is 10.1. The molecule has 5 rings (SSSR count). The van der Waals surface area contributed by atoms with Gasteiger partial charge >= 0.3 is 0 Å². The van der Waals surface area contributed by atoms with Crippen molar-refractivity contribution in [2.45, 2.75) is 57.4 Å². The predicted octanol–water partition coefficient (Wildman–Crippen LogP) is 4.49. The number of thiophene rings is 1. The molecule has 1 aromatic rings. The van der Waals surface area contributed by atoms with Gasteiger partial charge in [0.25, 0.3) is 0 Å². The smallest absolute Gasteiger partial charge is 0.0285 e. The minimum Gasteiger partial charge on any atom is -0.271 e. The van der Waals surface area contributed by atoms with Crippen LogP contribution in [0.25, 0.3) is 0 Å². The normalized spacial score (nSPS) is 38.9. The van der Waals surface area contributed by atoms with Crippen LogP contribution in [0.2, 0.25) is 0 Å². The van der Waals surface area contributed by atoms with Gasteiger partial charge in [-0.15, -0.1) is 11.3 Å². The van der Waals surface area contributed by atoms with E-state index in [2.05, 4.69) is 32.8 Å². The van der Waals surface area contributed by atoms with Gasteiger partial charge in [0.2, 0.25) is 0 Å². The summed E-state index contributed by atoms with van der Waals surface area (Å²) in [5.74, 6) is 9.00. The van der Waals surface area contributed by atoms with Gasteiger partial charge in [-0.2, -0.15) is 0 Å². The molecule has 0 spiro atoms. The molecule has 2 nitrogen and oxygen atoms in total. The van der Waals surface area contributed by atoms with Crippen LogP contribution in [-0.2, 0) is 6.42 Å². The Kier molecular flexibility index (Phi) is 3.93. The summed E-state index contributed by atoms with van der Waals surface area (Å²) in [6.07, 6.45) is 11.4. The Balaban J connectivity index is 1.46. The summed E-state index contributed by atoms with van der Waals surface area (Å²) < 4.78 is 1.20. The highest BCUT2D eigenvalue weighted by Crippen LogP contribution is 2.61. The third-order valence-corrected chi connectivity index (χ3v) is 7.87. The lowest BCUT2D eigenvalue weighted by Crippen LogP contribution is -2.50. The monoisotopic (exact) mass is 368 g/mol. The van der Waals surface area contributed by atoms with E-state index in [1.165, 1.54) is 54.3 Å². The first-order valence-corrected chi connectivity index (χ1v) is 10.0. The minimum atomic E-state index is 0.437. The van der Waals surface area contributed by atoms with Crippen LogP contribution in [0.4, 0.5) is 0 Å². The van der Waals surface area contributed by atoms with Crippen molar-refractivity contribution in [2.75, 3.05) is 0 Å². The average Bonchev–Trinajstić information content (AvgIpc) is 2.81. The van der Waals surface area contributed by atoms with Crippen molar-refractivity contribution in [1.29, 1.82) is 0 Å². The molecule has 4 fully saturated rings. The highest BCUT2D eigenvalue weighted by molar-refractivity contribution is 9.10. The lowest BCUT2D eigenvalue weighted by atomic mass is 9.48. The Morgan fingerprint density at radius 3 is 2.33 bits per heavy atom. The summed E-state index contributed by atoms with van der Waals surface area (Å²) in [6, 6.07) is 2.68. The van der Waals surface area contributed by atoms with Crippen molar-refractivity contribution >= 4 is 27.3 Å². The molecule has 1 heterocycles. The van der Waals surface area contributed by atoms with E-state index in [0.29, 0.717) is 11.5 Å². The summed E-state index contributed by atoms with van der Waals surface area (Å²) in [7, 11) is 0. The molecular formula is C17H25BrN2S. The standard InChI is InChI=1S/C17H25BrN2S/c18-14-4-16(21-10-14)5-15(20-19)9-17-6-11-1-12(7-17)3-13(2-11)8-17/h4,10-13,15,20H,1-3,5-9,19H2. The number of nitrogens with one attached hydrogen (secondary N) is 1. The molecule has 0 amide bonds. The van der Waals surface area contributed by atoms with Crippen LogP contribution in [-0.4, -0.2) is 6.04 Å². The minimum absolute atomic E-state index is 0.437. The van der Waals surface area contributed by atoms with Gasteiger partial charge in [0.15, 0.2) is 0 Å². The SMILES string of the molecule is NNC(Cc1cc(Br)cs1)CC12CC3CC(CC(C3)C1)C2. The van der Waals surface area contributed by atoms with Crippen LogP contribution in [0.15, 0.2) is 15.9 Å². The van der Waals surface area contributed by atoms with Gasteiger partial charge in [-0.3, -0.25) is 11.3 Å². The third-order valence-electron chi connectivity index (χ3n) is 6.15. The van der Waals surface area contributed by atoms with Gasteiger partial charge in [-0.25, -0.2) is 0 Å². The molecule has 4 aliphatic rings. The molecular weight excluding hydrogens is 344 g/mol. The molecule has 0 radical (unpaired) electrons. The maximum atomic E-state index is 5.90. The zero-order valence-electron chi connectivity index (χ0n) is 12.5. The van der Waals surface area contributed by atoms with Gasteiger partial charge in [0, 0.05) is 20.8 Å². The number of halogens is 1. The molecule has 3 N–H and O–H groups in total. The van der Waals surface area contributed by atoms with Crippen molar-refractivity contribution < 1.29 is 0 Å². The molecule has 4 saturated carbocycles. The molecule has 0 aliphatic heterocycles. The Hall–Kier alpha value is 0.1000. The molecule has 1 unspecified atom stereocenters. The van der Waals surface area contributed by atoms with E-state index in [-0.39, 0.29) is 0 Å². The molecule has 21 heavy (non-hydrogen) atoms. The second-order valence-corrected chi connectivity index (χ2v) is 9.83. The molecule has 116 valence electrons. The second-order valence-electron chi connectivity index (χ2n) is 7.92. The van der Waals surface area contributed by atoms with E-state index in [9.17, 15) is 0 Å². The summed E-state index contributed by atoms with van der Waals surface area (Å²) in [5, 5.41) is 2.17. The number of hydrogen-bond donors (Lipinski definition) is 2. The van der Waals surface area contributed by atoms with Crippen LogP contribution in [0.5, 0.6) is 0 Å². The topological polar surface area (TPSA) is 38.0 Å². The Morgan fingerprint density at radius 1 is 1.24 bits per heavy atom. The van der Waals surface area contributed by atoms with E-state index in [1.54, 1.807) is 0 Å². The number of rotatable bonds is 5. The van der Waals surface area contributed by atoms with Gasteiger partial charge in [-0.05, 0) is 96.5 Å². The summed E-state index contributed by atoms with van der Waals surface area (Å²) >= 11 is 5.40. The molecule has 4 aliphatic carbocycles. The fourth-order valence-corrected chi connectivity index (χ4v) is 7.49. The molecule has 1 aromatic heterocycles. The van der Waals surface area contributed by atoms with Gasteiger partial charge in [0.1, 0.15) is 0 Å². The van der Waals surface area contributed by atoms with Crippen LogP contribution in [0.3, 0.4) is 0 Å². The van der Waals surface area contributed by atoms with Gasteiger partial charge in [-0.1, -0.05) is 0 Å². The Labute approximate surface area is 140 Å². The number of hydrazine groups is 1. The van der Waals surface area contributed by atoms with E-state index < -0.39 is 0 Å². The maximum Gasteiger partial charge on any atom is 0.0285 e. The second kappa shape index (κ2) is 5.63. The van der Waals surface area contributed by atoms with E-state index in [1.807, 2.05) is 11.3 Å². The quantitative estimate of drug-likeness (QED) is 0.593. The van der Waals surface area contributed by atoms with Gasteiger partial charge in [0.05, 0.1) is 0 Å². The lowest BCUT2D eigenvalue weighted by molar-refractivity contribution is -0.0619. The third kappa shape index (κ3) is 2.97. The fourth-order valence-electron chi connectivity index (χ4n) is 5.96. The van der Waals surface area contributed by atoms with Gasteiger partial charge < -0.3 is 0 Å². The van der Waals surface area contributed by atoms with Crippen LogP contribution < -0.4 is 11.3 Å². The Bertz CT molecular complexity index is 477. The van der Waals surface area contributed by atoms with Crippen LogP contribution >= 0.6 is 27.3 Å². The molecule has 4 heteroatoms. The highest BCUT2D eigenvalue weighted by atomic mass is 79.9. The predicted molar refractivity (Wildman–Crippen MR) is 92.1 cm³/mol. The van der Waals surface area contributed by atoms with E-state index >= 15 is 0 Å². The Morgan fingerprint density at radius 2 is 1.86 bits per heavy atom. The largest absolute Gasteiger partial charge is 0.271 e. The highest BCUT2D eigenvalue weighted by Gasteiger charge is 2.51. The zero-order valence-corrected chi connectivity index (χ0v) is 14.9. The molecule has 4 bridgehead atoms. The van der Waals surface area contributed by atoms with Crippen molar-refractivity contribution in [3.63, 3.8) is 0 Å². The van der Waals surface area contributed by atoms with Crippen molar-refractivity contribution in [3.05, 3.63) is 20.8 Å².